The summed E-state index contributed by atoms with van der Waals surface area (Å²) in [4.78, 5) is 18.9. The first-order valence-electron chi connectivity index (χ1n) is 8.46. The molecule has 0 unspecified atom stereocenters. The first-order valence-corrected chi connectivity index (χ1v) is 8.84. The number of nitrogens with one attached hydrogen (secondary N) is 1. The third kappa shape index (κ3) is 4.12. The van der Waals surface area contributed by atoms with Gasteiger partial charge in [0.2, 0.25) is 5.91 Å². The lowest BCUT2D eigenvalue weighted by Gasteiger charge is -2.37. The molecule has 0 saturated carbocycles. The smallest absolute Gasteiger partial charge is 0.236 e. The predicted octanol–water partition coefficient (Wildman–Crippen LogP) is 0.902. The minimum absolute atomic E-state index is 0.241. The van der Waals surface area contributed by atoms with Gasteiger partial charge in [-0.1, -0.05) is 11.6 Å². The Hall–Kier alpha value is -1.50. The molecule has 0 radical (unpaired) electrons. The molecule has 2 aliphatic heterocycles. The van der Waals surface area contributed by atoms with Crippen molar-refractivity contribution in [1.82, 2.24) is 15.1 Å². The Kier molecular flexibility index (Phi) is 5.81. The van der Waals surface area contributed by atoms with E-state index in [4.69, 9.17) is 16.3 Å². The van der Waals surface area contributed by atoms with E-state index in [1.165, 1.54) is 0 Å². The van der Waals surface area contributed by atoms with Crippen LogP contribution in [0.2, 0.25) is 5.02 Å². The lowest BCUT2D eigenvalue weighted by molar-refractivity contribution is -0.132. The molecule has 0 aliphatic carbocycles. The SMILES string of the molecule is COc1cc(N2CCN(C(=O)CN3CCNCC3)CC2)ccc1Cl. The molecule has 0 atom stereocenters. The van der Waals surface area contributed by atoms with Gasteiger partial charge < -0.3 is 19.9 Å². The molecule has 24 heavy (non-hydrogen) atoms. The van der Waals surface area contributed by atoms with Gasteiger partial charge in [-0.3, -0.25) is 9.69 Å². The maximum atomic E-state index is 12.5. The molecular formula is C17H25ClN4O2. The fourth-order valence-electron chi connectivity index (χ4n) is 3.22. The topological polar surface area (TPSA) is 48.1 Å². The lowest BCUT2D eigenvalue weighted by atomic mass is 10.2. The van der Waals surface area contributed by atoms with Crippen LogP contribution in [0.1, 0.15) is 0 Å². The molecule has 2 heterocycles. The minimum atomic E-state index is 0.241. The summed E-state index contributed by atoms with van der Waals surface area (Å²) in [6.07, 6.45) is 0. The number of hydrogen-bond donors (Lipinski definition) is 1. The molecule has 1 aromatic carbocycles. The van der Waals surface area contributed by atoms with Crippen molar-refractivity contribution in [1.29, 1.82) is 0 Å². The highest BCUT2D eigenvalue weighted by molar-refractivity contribution is 6.32. The van der Waals surface area contributed by atoms with E-state index in [-0.39, 0.29) is 5.91 Å². The van der Waals surface area contributed by atoms with Gasteiger partial charge in [0.1, 0.15) is 5.75 Å². The van der Waals surface area contributed by atoms with Gasteiger partial charge in [0.15, 0.2) is 0 Å². The number of carbonyl (C=O) groups is 1. The zero-order valence-electron chi connectivity index (χ0n) is 14.1. The van der Waals surface area contributed by atoms with Gasteiger partial charge in [-0.2, -0.15) is 0 Å². The van der Waals surface area contributed by atoms with E-state index in [0.717, 1.165) is 58.0 Å². The first kappa shape index (κ1) is 17.3. The van der Waals surface area contributed by atoms with E-state index >= 15 is 0 Å². The van der Waals surface area contributed by atoms with Gasteiger partial charge in [0.25, 0.3) is 0 Å². The number of amides is 1. The zero-order chi connectivity index (χ0) is 16.9. The van der Waals surface area contributed by atoms with Crippen molar-refractivity contribution in [3.05, 3.63) is 23.2 Å². The van der Waals surface area contributed by atoms with E-state index in [2.05, 4.69) is 15.1 Å². The number of anilines is 1. The summed E-state index contributed by atoms with van der Waals surface area (Å²) in [6.45, 7) is 7.57. The normalized spacial score (nSPS) is 19.4. The Morgan fingerprint density at radius 1 is 1.17 bits per heavy atom. The minimum Gasteiger partial charge on any atom is -0.495 e. The van der Waals surface area contributed by atoms with Gasteiger partial charge in [0, 0.05) is 64.1 Å². The number of hydrogen-bond acceptors (Lipinski definition) is 5. The predicted molar refractivity (Wildman–Crippen MR) is 96.1 cm³/mol. The molecule has 2 saturated heterocycles. The highest BCUT2D eigenvalue weighted by atomic mass is 35.5. The van der Waals surface area contributed by atoms with Crippen molar-refractivity contribution in [3.8, 4) is 5.75 Å². The molecule has 0 aromatic heterocycles. The Labute approximate surface area is 148 Å². The molecule has 7 heteroatoms. The summed E-state index contributed by atoms with van der Waals surface area (Å²) in [6, 6.07) is 5.82. The van der Waals surface area contributed by atoms with Crippen molar-refractivity contribution < 1.29 is 9.53 Å². The van der Waals surface area contributed by atoms with Gasteiger partial charge >= 0.3 is 0 Å². The van der Waals surface area contributed by atoms with Crippen LogP contribution in [-0.4, -0.2) is 81.7 Å². The second kappa shape index (κ2) is 8.05. The van der Waals surface area contributed by atoms with Gasteiger partial charge in [0.05, 0.1) is 18.7 Å². The van der Waals surface area contributed by atoms with E-state index in [0.29, 0.717) is 17.3 Å². The quantitative estimate of drug-likeness (QED) is 0.872. The molecule has 3 rings (SSSR count). The standard InChI is InChI=1S/C17H25ClN4O2/c1-24-16-12-14(2-3-15(16)18)21-8-10-22(11-9-21)17(23)13-20-6-4-19-5-7-20/h2-3,12,19H,4-11,13H2,1H3. The summed E-state index contributed by atoms with van der Waals surface area (Å²) < 4.78 is 5.29. The molecule has 132 valence electrons. The third-order valence-corrected chi connectivity index (χ3v) is 5.01. The van der Waals surface area contributed by atoms with Gasteiger partial charge in [-0.05, 0) is 12.1 Å². The molecule has 0 spiro atoms. The van der Waals surface area contributed by atoms with Crippen LogP contribution in [0.4, 0.5) is 5.69 Å². The number of rotatable bonds is 4. The second-order valence-corrected chi connectivity index (χ2v) is 6.62. The average molecular weight is 353 g/mol. The molecule has 2 fully saturated rings. The number of methoxy groups -OCH3 is 1. The fourth-order valence-corrected chi connectivity index (χ4v) is 3.41. The average Bonchev–Trinajstić information content (AvgIpc) is 2.63. The van der Waals surface area contributed by atoms with Crippen molar-refractivity contribution in [2.75, 3.05) is 70.9 Å². The maximum Gasteiger partial charge on any atom is 0.236 e. The molecular weight excluding hydrogens is 328 g/mol. The van der Waals surface area contributed by atoms with Crippen LogP contribution in [0.5, 0.6) is 5.75 Å². The molecule has 1 aromatic rings. The summed E-state index contributed by atoms with van der Waals surface area (Å²) in [5.41, 5.74) is 1.09. The summed E-state index contributed by atoms with van der Waals surface area (Å²) in [5.74, 6) is 0.927. The van der Waals surface area contributed by atoms with Gasteiger partial charge in [-0.15, -0.1) is 0 Å². The van der Waals surface area contributed by atoms with E-state index in [9.17, 15) is 4.79 Å². The monoisotopic (exact) mass is 352 g/mol. The highest BCUT2D eigenvalue weighted by Crippen LogP contribution is 2.29. The second-order valence-electron chi connectivity index (χ2n) is 6.21. The van der Waals surface area contributed by atoms with Crippen LogP contribution in [-0.2, 0) is 4.79 Å². The van der Waals surface area contributed by atoms with Gasteiger partial charge in [-0.25, -0.2) is 0 Å². The number of halogens is 1. The van der Waals surface area contributed by atoms with Crippen LogP contribution >= 0.6 is 11.6 Å². The fraction of sp³-hybridized carbons (Fsp3) is 0.588. The molecule has 2 aliphatic rings. The van der Waals surface area contributed by atoms with E-state index in [1.807, 2.05) is 23.1 Å². The van der Waals surface area contributed by atoms with Crippen LogP contribution in [0.15, 0.2) is 18.2 Å². The highest BCUT2D eigenvalue weighted by Gasteiger charge is 2.23. The largest absolute Gasteiger partial charge is 0.495 e. The molecule has 0 bridgehead atoms. The Balaban J connectivity index is 1.52. The number of piperazine rings is 2. The number of benzene rings is 1. The lowest BCUT2D eigenvalue weighted by Crippen LogP contribution is -2.53. The zero-order valence-corrected chi connectivity index (χ0v) is 14.9. The van der Waals surface area contributed by atoms with Crippen LogP contribution in [0.25, 0.3) is 0 Å². The number of nitrogens with zero attached hydrogens (tertiary/aromatic N) is 3. The Morgan fingerprint density at radius 2 is 1.88 bits per heavy atom. The third-order valence-electron chi connectivity index (χ3n) is 4.70. The van der Waals surface area contributed by atoms with Crippen LogP contribution in [0, 0.1) is 0 Å². The summed E-state index contributed by atoms with van der Waals surface area (Å²) in [7, 11) is 1.62. The Bertz CT molecular complexity index is 570. The summed E-state index contributed by atoms with van der Waals surface area (Å²) >= 11 is 6.09. The van der Waals surface area contributed by atoms with E-state index in [1.54, 1.807) is 7.11 Å². The Morgan fingerprint density at radius 3 is 2.54 bits per heavy atom. The van der Waals surface area contributed by atoms with Crippen molar-refractivity contribution in [2.24, 2.45) is 0 Å². The van der Waals surface area contributed by atoms with E-state index < -0.39 is 0 Å². The first-order chi connectivity index (χ1) is 11.7. The van der Waals surface area contributed by atoms with Crippen molar-refractivity contribution in [2.45, 2.75) is 0 Å². The number of carbonyl (C=O) groups excluding carboxylic acids is 1. The van der Waals surface area contributed by atoms with Crippen molar-refractivity contribution >= 4 is 23.2 Å². The number of ether oxygens (including phenoxy) is 1. The van der Waals surface area contributed by atoms with Crippen molar-refractivity contribution in [3.63, 3.8) is 0 Å². The van der Waals surface area contributed by atoms with Crippen LogP contribution < -0.4 is 15.0 Å². The molecule has 6 nitrogen and oxygen atoms in total. The van der Waals surface area contributed by atoms with Crippen LogP contribution in [0.3, 0.4) is 0 Å². The molecule has 1 N–H and O–H groups in total. The summed E-state index contributed by atoms with van der Waals surface area (Å²) in [5, 5.41) is 3.93. The maximum absolute atomic E-state index is 12.5. The molecule has 1 amide bonds.